The van der Waals surface area contributed by atoms with Crippen molar-refractivity contribution < 1.29 is 8.42 Å². The van der Waals surface area contributed by atoms with Crippen molar-refractivity contribution in [2.75, 3.05) is 32.4 Å². The molecule has 9 heteroatoms. The van der Waals surface area contributed by atoms with Gasteiger partial charge in [0.2, 0.25) is 10.0 Å². The monoisotopic (exact) mass is 534 g/mol. The second-order valence-electron chi connectivity index (χ2n) is 5.80. The van der Waals surface area contributed by atoms with Gasteiger partial charge in [-0.1, -0.05) is 35.9 Å². The molecule has 0 atom stereocenters. The van der Waals surface area contributed by atoms with E-state index >= 15 is 0 Å². The third kappa shape index (κ3) is 8.80. The van der Waals surface area contributed by atoms with Crippen LogP contribution in [0, 0.1) is 6.92 Å². The molecular weight excluding hydrogens is 507 g/mol. The van der Waals surface area contributed by atoms with Gasteiger partial charge in [-0.3, -0.25) is 4.99 Å². The van der Waals surface area contributed by atoms with Crippen molar-refractivity contribution in [3.63, 3.8) is 0 Å². The van der Waals surface area contributed by atoms with Crippen LogP contribution in [-0.4, -0.2) is 46.8 Å². The maximum atomic E-state index is 12.2. The van der Waals surface area contributed by atoms with Gasteiger partial charge in [0.05, 0.1) is 4.90 Å². The normalized spacial score (nSPS) is 11.6. The molecule has 28 heavy (non-hydrogen) atoms. The maximum Gasteiger partial charge on any atom is 0.240 e. The summed E-state index contributed by atoms with van der Waals surface area (Å²) in [6, 6.07) is 17.0. The molecule has 154 valence electrons. The van der Waals surface area contributed by atoms with Crippen LogP contribution in [0.25, 0.3) is 0 Å². The van der Waals surface area contributed by atoms with Crippen molar-refractivity contribution in [2.24, 2.45) is 4.99 Å². The number of thioether (sulfide) groups is 1. The van der Waals surface area contributed by atoms with Gasteiger partial charge in [-0.25, -0.2) is 13.1 Å². The van der Waals surface area contributed by atoms with Gasteiger partial charge in [0.25, 0.3) is 0 Å². The molecule has 0 heterocycles. The van der Waals surface area contributed by atoms with E-state index in [1.807, 2.05) is 25.1 Å². The van der Waals surface area contributed by atoms with Crippen molar-refractivity contribution >= 4 is 51.7 Å². The number of nitrogens with zero attached hydrogens (tertiary/aromatic N) is 1. The van der Waals surface area contributed by atoms with E-state index in [0.717, 1.165) is 17.9 Å². The van der Waals surface area contributed by atoms with Crippen LogP contribution in [0.3, 0.4) is 0 Å². The summed E-state index contributed by atoms with van der Waals surface area (Å²) in [4.78, 5) is 5.64. The number of sulfonamides is 1. The van der Waals surface area contributed by atoms with E-state index in [9.17, 15) is 8.42 Å². The van der Waals surface area contributed by atoms with Crippen molar-refractivity contribution in [1.82, 2.24) is 15.4 Å². The number of hydrogen-bond acceptors (Lipinski definition) is 4. The van der Waals surface area contributed by atoms with E-state index in [0.29, 0.717) is 12.5 Å². The quantitative estimate of drug-likeness (QED) is 0.152. The van der Waals surface area contributed by atoms with Crippen LogP contribution in [0.2, 0.25) is 0 Å². The first-order valence-electron chi connectivity index (χ1n) is 8.70. The van der Waals surface area contributed by atoms with Crippen LogP contribution >= 0.6 is 35.7 Å². The SMILES string of the molecule is CN=C(NCCNS(=O)(=O)c1ccc(C)cc1)NCCSc1ccccc1.I. The Labute approximate surface area is 189 Å². The molecule has 0 aliphatic rings. The fourth-order valence-electron chi connectivity index (χ4n) is 2.24. The van der Waals surface area contributed by atoms with Crippen molar-refractivity contribution in [3.8, 4) is 0 Å². The zero-order valence-electron chi connectivity index (χ0n) is 16.0. The lowest BCUT2D eigenvalue weighted by Gasteiger charge is -2.12. The number of rotatable bonds is 9. The van der Waals surface area contributed by atoms with Gasteiger partial charge in [0.15, 0.2) is 5.96 Å². The summed E-state index contributed by atoms with van der Waals surface area (Å²) in [5, 5.41) is 6.32. The Morgan fingerprint density at radius 3 is 2.25 bits per heavy atom. The number of hydrogen-bond donors (Lipinski definition) is 3. The summed E-state index contributed by atoms with van der Waals surface area (Å²) < 4.78 is 27.0. The molecule has 0 spiro atoms. The molecule has 0 radical (unpaired) electrons. The van der Waals surface area contributed by atoms with Crippen LogP contribution in [0.5, 0.6) is 0 Å². The Kier molecular flexibility index (Phi) is 11.5. The Hall–Kier alpha value is -1.30. The molecule has 0 aromatic heterocycles. The molecule has 0 aliphatic carbocycles. The molecule has 2 aromatic carbocycles. The number of guanidine groups is 1. The van der Waals surface area contributed by atoms with Gasteiger partial charge >= 0.3 is 0 Å². The first kappa shape index (κ1) is 24.7. The van der Waals surface area contributed by atoms with Gasteiger partial charge in [0.1, 0.15) is 0 Å². The highest BCUT2D eigenvalue weighted by Gasteiger charge is 2.12. The first-order valence-corrected chi connectivity index (χ1v) is 11.2. The standard InChI is InChI=1S/C19H26N4O2S2.HI/c1-16-8-10-18(11-9-16)27(24,25)23-13-12-21-19(20-2)22-14-15-26-17-6-4-3-5-7-17;/h3-11,23H,12-15H2,1-2H3,(H2,20,21,22);1H. The van der Waals surface area contributed by atoms with Gasteiger partial charge in [0, 0.05) is 37.3 Å². The van der Waals surface area contributed by atoms with Crippen molar-refractivity contribution in [1.29, 1.82) is 0 Å². The summed E-state index contributed by atoms with van der Waals surface area (Å²) >= 11 is 1.77. The highest BCUT2D eigenvalue weighted by atomic mass is 127. The molecule has 2 rings (SSSR count). The highest BCUT2D eigenvalue weighted by Crippen LogP contribution is 2.15. The Morgan fingerprint density at radius 2 is 1.61 bits per heavy atom. The van der Waals surface area contributed by atoms with Crippen LogP contribution < -0.4 is 15.4 Å². The minimum atomic E-state index is -3.49. The minimum absolute atomic E-state index is 0. The van der Waals surface area contributed by atoms with E-state index in [2.05, 4.69) is 32.5 Å². The smallest absolute Gasteiger partial charge is 0.240 e. The molecule has 2 aromatic rings. The fourth-order valence-corrected chi connectivity index (χ4v) is 4.06. The first-order chi connectivity index (χ1) is 13.0. The average Bonchev–Trinajstić information content (AvgIpc) is 2.68. The zero-order chi connectivity index (χ0) is 19.5. The maximum absolute atomic E-state index is 12.2. The molecule has 3 N–H and O–H groups in total. The number of benzene rings is 2. The second-order valence-corrected chi connectivity index (χ2v) is 8.73. The molecule has 0 amide bonds. The largest absolute Gasteiger partial charge is 0.356 e. The number of nitrogens with one attached hydrogen (secondary N) is 3. The van der Waals surface area contributed by atoms with Gasteiger partial charge in [-0.15, -0.1) is 35.7 Å². The minimum Gasteiger partial charge on any atom is -0.356 e. The molecule has 6 nitrogen and oxygen atoms in total. The topological polar surface area (TPSA) is 82.6 Å². The number of halogens is 1. The van der Waals surface area contributed by atoms with Gasteiger partial charge in [-0.05, 0) is 31.2 Å². The summed E-state index contributed by atoms with van der Waals surface area (Å²) in [7, 11) is -1.80. The molecule has 0 aliphatic heterocycles. The summed E-state index contributed by atoms with van der Waals surface area (Å²) in [5.41, 5.74) is 1.02. The number of aliphatic imine (C=N–C) groups is 1. The van der Waals surface area contributed by atoms with E-state index in [-0.39, 0.29) is 35.4 Å². The van der Waals surface area contributed by atoms with Crippen LogP contribution in [0.4, 0.5) is 0 Å². The summed E-state index contributed by atoms with van der Waals surface area (Å²) in [5.74, 6) is 1.56. The average molecular weight is 534 g/mol. The van der Waals surface area contributed by atoms with Gasteiger partial charge in [-0.2, -0.15) is 0 Å². The highest BCUT2D eigenvalue weighted by molar-refractivity contribution is 14.0. The fraction of sp³-hybridized carbons (Fsp3) is 0.316. The zero-order valence-corrected chi connectivity index (χ0v) is 20.0. The van der Waals surface area contributed by atoms with Crippen LogP contribution in [0.1, 0.15) is 5.56 Å². The summed E-state index contributed by atoms with van der Waals surface area (Å²) in [6.07, 6.45) is 0. The summed E-state index contributed by atoms with van der Waals surface area (Å²) in [6.45, 7) is 3.39. The van der Waals surface area contributed by atoms with E-state index < -0.39 is 10.0 Å². The Morgan fingerprint density at radius 1 is 0.964 bits per heavy atom. The predicted molar refractivity (Wildman–Crippen MR) is 128 cm³/mol. The lowest BCUT2D eigenvalue weighted by molar-refractivity contribution is 0.580. The lowest BCUT2D eigenvalue weighted by Crippen LogP contribution is -2.42. The number of aryl methyl sites for hydroxylation is 1. The predicted octanol–water partition coefficient (Wildman–Crippen LogP) is 2.85. The van der Waals surface area contributed by atoms with Gasteiger partial charge < -0.3 is 10.6 Å². The molecular formula is C19H27IN4O2S2. The Balaban J connectivity index is 0.00000392. The van der Waals surface area contributed by atoms with Crippen molar-refractivity contribution in [2.45, 2.75) is 16.7 Å². The van der Waals surface area contributed by atoms with Crippen LogP contribution in [-0.2, 0) is 10.0 Å². The van der Waals surface area contributed by atoms with E-state index in [1.54, 1.807) is 43.1 Å². The Bertz CT molecular complexity index is 829. The third-order valence-electron chi connectivity index (χ3n) is 3.67. The third-order valence-corrected chi connectivity index (χ3v) is 6.16. The van der Waals surface area contributed by atoms with E-state index in [4.69, 9.17) is 0 Å². The van der Waals surface area contributed by atoms with Crippen LogP contribution in [0.15, 0.2) is 69.4 Å². The molecule has 0 bridgehead atoms. The lowest BCUT2D eigenvalue weighted by atomic mass is 10.2. The molecule has 0 saturated carbocycles. The van der Waals surface area contributed by atoms with E-state index in [1.165, 1.54) is 4.90 Å². The second kappa shape index (κ2) is 13.0. The molecule has 0 unspecified atom stereocenters. The van der Waals surface area contributed by atoms with Crippen molar-refractivity contribution in [3.05, 3.63) is 60.2 Å². The molecule has 0 fully saturated rings. The molecule has 0 saturated heterocycles.